The highest BCUT2D eigenvalue weighted by Gasteiger charge is 2.14. The summed E-state index contributed by atoms with van der Waals surface area (Å²) >= 11 is 0. The lowest BCUT2D eigenvalue weighted by atomic mass is 10.0. The Labute approximate surface area is 149 Å². The summed E-state index contributed by atoms with van der Waals surface area (Å²) in [5.41, 5.74) is 3.77. The maximum Gasteiger partial charge on any atom is 0.0935 e. The summed E-state index contributed by atoms with van der Waals surface area (Å²) in [4.78, 5) is 4.84. The summed E-state index contributed by atoms with van der Waals surface area (Å²) in [5.74, 6) is 0. The molecule has 0 bridgehead atoms. The first-order valence-corrected chi connectivity index (χ1v) is 9.05. The molecule has 3 nitrogen and oxygen atoms in total. The number of aliphatic hydroxyl groups excluding tert-OH is 1. The summed E-state index contributed by atoms with van der Waals surface area (Å²) in [6, 6.07) is 20.7. The molecule has 2 aromatic carbocycles. The lowest BCUT2D eigenvalue weighted by Gasteiger charge is -2.18. The molecule has 25 heavy (non-hydrogen) atoms. The van der Waals surface area contributed by atoms with Crippen LogP contribution in [0.5, 0.6) is 0 Å². The largest absolute Gasteiger partial charge is 0.387 e. The van der Waals surface area contributed by atoms with E-state index in [1.807, 2.05) is 42.5 Å². The average molecular weight is 334 g/mol. The first-order valence-electron chi connectivity index (χ1n) is 9.05. The van der Waals surface area contributed by atoms with E-state index in [2.05, 4.69) is 37.4 Å². The fourth-order valence-electron chi connectivity index (χ4n) is 3.17. The molecule has 3 aromatic rings. The van der Waals surface area contributed by atoms with E-state index in [1.54, 1.807) is 0 Å². The lowest BCUT2D eigenvalue weighted by Crippen LogP contribution is -2.30. The van der Waals surface area contributed by atoms with Crippen LogP contribution in [0.1, 0.15) is 38.4 Å². The molecule has 3 heteroatoms. The van der Waals surface area contributed by atoms with Gasteiger partial charge in [-0.3, -0.25) is 0 Å². The van der Waals surface area contributed by atoms with E-state index in [9.17, 15) is 5.11 Å². The molecule has 0 spiro atoms. The van der Waals surface area contributed by atoms with Crippen LogP contribution in [0.4, 0.5) is 0 Å². The van der Waals surface area contributed by atoms with Gasteiger partial charge in [-0.25, -0.2) is 4.98 Å². The molecule has 3 rings (SSSR count). The molecular weight excluding hydrogens is 308 g/mol. The molecule has 0 fully saturated rings. The van der Waals surface area contributed by atoms with Gasteiger partial charge >= 0.3 is 0 Å². The summed E-state index contributed by atoms with van der Waals surface area (Å²) in [7, 11) is 0. The fourth-order valence-corrected chi connectivity index (χ4v) is 3.17. The third-order valence-corrected chi connectivity index (χ3v) is 4.56. The Balaban J connectivity index is 1.89. The van der Waals surface area contributed by atoms with Gasteiger partial charge in [0.25, 0.3) is 0 Å². The maximum atomic E-state index is 10.7. The predicted octanol–water partition coefficient (Wildman–Crippen LogP) is 4.71. The monoisotopic (exact) mass is 334 g/mol. The minimum Gasteiger partial charge on any atom is -0.387 e. The Morgan fingerprint density at radius 2 is 1.80 bits per heavy atom. The van der Waals surface area contributed by atoms with Crippen LogP contribution in [0.3, 0.4) is 0 Å². The SMILES string of the molecule is CCCC(C)NCC(O)c1cccc2ccc(-c3ccccc3)nc12. The molecule has 0 radical (unpaired) electrons. The highest BCUT2D eigenvalue weighted by Crippen LogP contribution is 2.26. The molecule has 1 heterocycles. The number of aliphatic hydroxyl groups is 1. The molecule has 2 atom stereocenters. The average Bonchev–Trinajstić information content (AvgIpc) is 2.66. The second-order valence-corrected chi connectivity index (χ2v) is 6.60. The molecule has 0 aliphatic heterocycles. The Morgan fingerprint density at radius 1 is 1.00 bits per heavy atom. The number of nitrogens with one attached hydrogen (secondary N) is 1. The predicted molar refractivity (Wildman–Crippen MR) is 105 cm³/mol. The van der Waals surface area contributed by atoms with E-state index in [-0.39, 0.29) is 0 Å². The van der Waals surface area contributed by atoms with Crippen molar-refractivity contribution < 1.29 is 5.11 Å². The zero-order valence-corrected chi connectivity index (χ0v) is 14.9. The minimum atomic E-state index is -0.568. The standard InChI is InChI=1S/C22H26N2O/c1-3-8-16(2)23-15-21(25)19-12-7-11-18-13-14-20(24-22(18)19)17-9-5-4-6-10-17/h4-7,9-14,16,21,23,25H,3,8,15H2,1-2H3. The number of pyridine rings is 1. The molecule has 2 N–H and O–H groups in total. The van der Waals surface area contributed by atoms with Crippen LogP contribution in [0.15, 0.2) is 60.7 Å². The molecule has 0 saturated carbocycles. The van der Waals surface area contributed by atoms with Crippen LogP contribution in [0, 0.1) is 0 Å². The quantitative estimate of drug-likeness (QED) is 0.657. The highest BCUT2D eigenvalue weighted by molar-refractivity contribution is 5.84. The molecular formula is C22H26N2O. The van der Waals surface area contributed by atoms with Crippen LogP contribution >= 0.6 is 0 Å². The van der Waals surface area contributed by atoms with Gasteiger partial charge in [0.1, 0.15) is 0 Å². The van der Waals surface area contributed by atoms with Gasteiger partial charge in [0, 0.05) is 29.1 Å². The van der Waals surface area contributed by atoms with Crippen molar-refractivity contribution >= 4 is 10.9 Å². The van der Waals surface area contributed by atoms with E-state index >= 15 is 0 Å². The smallest absolute Gasteiger partial charge is 0.0935 e. The fraction of sp³-hybridized carbons (Fsp3) is 0.318. The van der Waals surface area contributed by atoms with Gasteiger partial charge in [0.2, 0.25) is 0 Å². The van der Waals surface area contributed by atoms with Crippen molar-refractivity contribution in [3.8, 4) is 11.3 Å². The summed E-state index contributed by atoms with van der Waals surface area (Å²) in [6.45, 7) is 4.87. The van der Waals surface area contributed by atoms with Crippen molar-refractivity contribution in [3.05, 3.63) is 66.2 Å². The summed E-state index contributed by atoms with van der Waals surface area (Å²) < 4.78 is 0. The third kappa shape index (κ3) is 4.25. The van der Waals surface area contributed by atoms with Gasteiger partial charge in [-0.1, -0.05) is 67.9 Å². The molecule has 0 amide bonds. The molecule has 0 aliphatic carbocycles. The number of benzene rings is 2. The van der Waals surface area contributed by atoms with Crippen LogP contribution in [0.25, 0.3) is 22.2 Å². The van der Waals surface area contributed by atoms with Crippen LogP contribution in [0.2, 0.25) is 0 Å². The maximum absolute atomic E-state index is 10.7. The van der Waals surface area contributed by atoms with Crippen molar-refractivity contribution in [1.82, 2.24) is 10.3 Å². The molecule has 130 valence electrons. The lowest BCUT2D eigenvalue weighted by molar-refractivity contribution is 0.171. The number of aromatic nitrogens is 1. The Bertz CT molecular complexity index is 817. The zero-order chi connectivity index (χ0) is 17.6. The number of nitrogens with zero attached hydrogens (tertiary/aromatic N) is 1. The number of rotatable bonds is 7. The Morgan fingerprint density at radius 3 is 2.56 bits per heavy atom. The molecule has 0 saturated heterocycles. The second-order valence-electron chi connectivity index (χ2n) is 6.60. The van der Waals surface area contributed by atoms with Gasteiger partial charge < -0.3 is 10.4 Å². The van der Waals surface area contributed by atoms with Gasteiger partial charge in [0.15, 0.2) is 0 Å². The number of fused-ring (bicyclic) bond motifs is 1. The van der Waals surface area contributed by atoms with Crippen LogP contribution < -0.4 is 5.32 Å². The highest BCUT2D eigenvalue weighted by atomic mass is 16.3. The number of hydrogen-bond donors (Lipinski definition) is 2. The van der Waals surface area contributed by atoms with Gasteiger partial charge in [-0.15, -0.1) is 0 Å². The molecule has 1 aromatic heterocycles. The Kier molecular flexibility index (Phi) is 5.79. The van der Waals surface area contributed by atoms with E-state index < -0.39 is 6.10 Å². The van der Waals surface area contributed by atoms with Crippen molar-refractivity contribution in [2.24, 2.45) is 0 Å². The third-order valence-electron chi connectivity index (χ3n) is 4.56. The minimum absolute atomic E-state index is 0.405. The van der Waals surface area contributed by atoms with Crippen LogP contribution in [-0.2, 0) is 0 Å². The van der Waals surface area contributed by atoms with E-state index in [4.69, 9.17) is 4.98 Å². The van der Waals surface area contributed by atoms with Crippen LogP contribution in [-0.4, -0.2) is 22.7 Å². The second kappa shape index (κ2) is 8.24. The van der Waals surface area contributed by atoms with E-state index in [0.29, 0.717) is 12.6 Å². The van der Waals surface area contributed by atoms with Crippen molar-refractivity contribution in [1.29, 1.82) is 0 Å². The van der Waals surface area contributed by atoms with Gasteiger partial charge in [-0.05, 0) is 19.4 Å². The first-order chi connectivity index (χ1) is 12.2. The van der Waals surface area contributed by atoms with Gasteiger partial charge in [-0.2, -0.15) is 0 Å². The van der Waals surface area contributed by atoms with E-state index in [0.717, 1.165) is 40.6 Å². The van der Waals surface area contributed by atoms with Crippen molar-refractivity contribution in [2.75, 3.05) is 6.54 Å². The molecule has 0 aliphatic rings. The van der Waals surface area contributed by atoms with Crippen molar-refractivity contribution in [3.63, 3.8) is 0 Å². The van der Waals surface area contributed by atoms with Gasteiger partial charge in [0.05, 0.1) is 17.3 Å². The topological polar surface area (TPSA) is 45.1 Å². The van der Waals surface area contributed by atoms with E-state index in [1.165, 1.54) is 0 Å². The Hall–Kier alpha value is -2.23. The van der Waals surface area contributed by atoms with Crippen molar-refractivity contribution in [2.45, 2.75) is 38.8 Å². The molecule has 2 unspecified atom stereocenters. The normalized spacial score (nSPS) is 13.7. The number of para-hydroxylation sites is 1. The first kappa shape index (κ1) is 17.6. The number of hydrogen-bond acceptors (Lipinski definition) is 3. The summed E-state index contributed by atoms with van der Waals surface area (Å²) in [6.07, 6.45) is 1.68. The summed E-state index contributed by atoms with van der Waals surface area (Å²) in [5, 5.41) is 15.2. The zero-order valence-electron chi connectivity index (χ0n) is 14.9.